The molecule has 0 aliphatic rings. The van der Waals surface area contributed by atoms with Gasteiger partial charge < -0.3 is 24.5 Å². The predicted molar refractivity (Wildman–Crippen MR) is 93.6 cm³/mol. The highest BCUT2D eigenvalue weighted by atomic mass is 16.5. The molecule has 0 radical (unpaired) electrons. The Balaban J connectivity index is 1.75. The van der Waals surface area contributed by atoms with Crippen LogP contribution in [0.2, 0.25) is 0 Å². The standard InChI is InChI=1S/C17H17N3O5/c1-20-12-6-4-10(8-14(12)25-17(20)22)18-16(21)19-11-5-7-13(23-2)15(9-11)24-3/h4-9H,1-3H3,(H2,18,19,21). The van der Waals surface area contributed by atoms with Crippen molar-refractivity contribution in [3.05, 3.63) is 46.9 Å². The summed E-state index contributed by atoms with van der Waals surface area (Å²) in [5.41, 5.74) is 2.09. The smallest absolute Gasteiger partial charge is 0.419 e. The van der Waals surface area contributed by atoms with Crippen molar-refractivity contribution in [3.8, 4) is 11.5 Å². The number of carbonyl (C=O) groups is 1. The maximum atomic E-state index is 12.2. The van der Waals surface area contributed by atoms with Gasteiger partial charge in [0.15, 0.2) is 17.1 Å². The molecule has 0 bridgehead atoms. The van der Waals surface area contributed by atoms with E-state index in [1.165, 1.54) is 18.8 Å². The second-order valence-corrected chi connectivity index (χ2v) is 5.26. The van der Waals surface area contributed by atoms with Crippen LogP contribution in [0.1, 0.15) is 0 Å². The number of aromatic nitrogens is 1. The molecule has 3 aromatic rings. The van der Waals surface area contributed by atoms with Crippen LogP contribution >= 0.6 is 0 Å². The summed E-state index contributed by atoms with van der Waals surface area (Å²) in [5, 5.41) is 5.38. The maximum Gasteiger partial charge on any atom is 0.419 e. The van der Waals surface area contributed by atoms with Crippen molar-refractivity contribution < 1.29 is 18.7 Å². The Morgan fingerprint density at radius 3 is 2.32 bits per heavy atom. The van der Waals surface area contributed by atoms with Gasteiger partial charge in [-0.2, -0.15) is 0 Å². The lowest BCUT2D eigenvalue weighted by Crippen LogP contribution is -2.19. The van der Waals surface area contributed by atoms with Gasteiger partial charge >= 0.3 is 11.8 Å². The lowest BCUT2D eigenvalue weighted by Gasteiger charge is -2.11. The first kappa shape index (κ1) is 16.4. The van der Waals surface area contributed by atoms with Gasteiger partial charge in [-0.15, -0.1) is 0 Å². The molecule has 0 fully saturated rings. The summed E-state index contributed by atoms with van der Waals surface area (Å²) in [6.07, 6.45) is 0. The number of aryl methyl sites for hydroxylation is 1. The van der Waals surface area contributed by atoms with Crippen LogP contribution < -0.4 is 25.9 Å². The number of anilines is 2. The van der Waals surface area contributed by atoms with Crippen LogP contribution in [0.3, 0.4) is 0 Å². The lowest BCUT2D eigenvalue weighted by molar-refractivity contribution is 0.262. The molecule has 8 heteroatoms. The minimum absolute atomic E-state index is 0.399. The van der Waals surface area contributed by atoms with Crippen LogP contribution in [0.15, 0.2) is 45.6 Å². The van der Waals surface area contributed by atoms with E-state index in [9.17, 15) is 9.59 Å². The molecule has 3 rings (SSSR count). The van der Waals surface area contributed by atoms with E-state index in [4.69, 9.17) is 13.9 Å². The average Bonchev–Trinajstić information content (AvgIpc) is 2.88. The first-order valence-corrected chi connectivity index (χ1v) is 7.41. The molecule has 0 atom stereocenters. The van der Waals surface area contributed by atoms with Gasteiger partial charge in [-0.3, -0.25) is 4.57 Å². The zero-order valence-corrected chi connectivity index (χ0v) is 14.0. The molecule has 0 saturated carbocycles. The molecular weight excluding hydrogens is 326 g/mol. The fourth-order valence-electron chi connectivity index (χ4n) is 2.42. The fraction of sp³-hybridized carbons (Fsp3) is 0.176. The van der Waals surface area contributed by atoms with E-state index in [2.05, 4.69) is 10.6 Å². The molecule has 0 spiro atoms. The molecule has 1 heterocycles. The van der Waals surface area contributed by atoms with Crippen molar-refractivity contribution in [2.75, 3.05) is 24.9 Å². The monoisotopic (exact) mass is 343 g/mol. The number of benzene rings is 2. The Morgan fingerprint density at radius 1 is 1.00 bits per heavy atom. The number of rotatable bonds is 4. The summed E-state index contributed by atoms with van der Waals surface area (Å²) in [6, 6.07) is 9.57. The number of nitrogens with one attached hydrogen (secondary N) is 2. The summed E-state index contributed by atoms with van der Waals surface area (Å²) < 4.78 is 16.8. The zero-order valence-electron chi connectivity index (χ0n) is 14.0. The van der Waals surface area contributed by atoms with Gasteiger partial charge in [-0.05, 0) is 24.3 Å². The van der Waals surface area contributed by atoms with Crippen molar-refractivity contribution in [1.29, 1.82) is 0 Å². The Kier molecular flexibility index (Phi) is 4.34. The van der Waals surface area contributed by atoms with Gasteiger partial charge in [0.25, 0.3) is 0 Å². The number of fused-ring (bicyclic) bond motifs is 1. The van der Waals surface area contributed by atoms with Crippen molar-refractivity contribution in [2.45, 2.75) is 0 Å². The Morgan fingerprint density at radius 2 is 1.64 bits per heavy atom. The van der Waals surface area contributed by atoms with Gasteiger partial charge in [0.1, 0.15) is 0 Å². The summed E-state index contributed by atoms with van der Waals surface area (Å²) in [6.45, 7) is 0. The highest BCUT2D eigenvalue weighted by molar-refractivity contribution is 6.00. The van der Waals surface area contributed by atoms with Gasteiger partial charge in [-0.25, -0.2) is 9.59 Å². The summed E-state index contributed by atoms with van der Waals surface area (Å²) in [7, 11) is 4.67. The van der Waals surface area contributed by atoms with E-state index >= 15 is 0 Å². The van der Waals surface area contributed by atoms with Gasteiger partial charge in [0.2, 0.25) is 0 Å². The quantitative estimate of drug-likeness (QED) is 0.759. The third-order valence-corrected chi connectivity index (χ3v) is 3.69. The van der Waals surface area contributed by atoms with E-state index < -0.39 is 11.8 Å². The number of nitrogens with zero attached hydrogens (tertiary/aromatic N) is 1. The predicted octanol–water partition coefficient (Wildman–Crippen LogP) is 2.79. The number of hydrogen-bond acceptors (Lipinski definition) is 5. The first-order chi connectivity index (χ1) is 12.0. The average molecular weight is 343 g/mol. The largest absolute Gasteiger partial charge is 0.493 e. The molecule has 2 N–H and O–H groups in total. The number of urea groups is 1. The highest BCUT2D eigenvalue weighted by Gasteiger charge is 2.10. The van der Waals surface area contributed by atoms with Crippen LogP contribution in [-0.2, 0) is 7.05 Å². The summed E-state index contributed by atoms with van der Waals surface area (Å²) in [4.78, 5) is 23.7. The Labute approximate surface area is 143 Å². The minimum Gasteiger partial charge on any atom is -0.493 e. The highest BCUT2D eigenvalue weighted by Crippen LogP contribution is 2.29. The number of methoxy groups -OCH3 is 2. The SMILES string of the molecule is COc1ccc(NC(=O)Nc2ccc3c(c2)oc(=O)n3C)cc1OC. The molecule has 0 saturated heterocycles. The summed E-state index contributed by atoms with van der Waals surface area (Å²) >= 11 is 0. The van der Waals surface area contributed by atoms with E-state index in [0.717, 1.165) is 0 Å². The van der Waals surface area contributed by atoms with Crippen LogP contribution in [0.5, 0.6) is 11.5 Å². The first-order valence-electron chi connectivity index (χ1n) is 7.41. The molecule has 8 nitrogen and oxygen atoms in total. The third-order valence-electron chi connectivity index (χ3n) is 3.69. The molecular formula is C17H17N3O5. The molecule has 2 aromatic carbocycles. The van der Waals surface area contributed by atoms with E-state index in [1.807, 2.05) is 0 Å². The number of carbonyl (C=O) groups excluding carboxylic acids is 1. The molecule has 0 unspecified atom stereocenters. The second-order valence-electron chi connectivity index (χ2n) is 5.26. The number of hydrogen-bond donors (Lipinski definition) is 2. The number of amides is 2. The van der Waals surface area contributed by atoms with E-state index in [1.54, 1.807) is 43.4 Å². The molecule has 0 aliphatic heterocycles. The number of oxazole rings is 1. The molecule has 130 valence electrons. The molecule has 1 aromatic heterocycles. The normalized spacial score (nSPS) is 10.5. The fourth-order valence-corrected chi connectivity index (χ4v) is 2.42. The zero-order chi connectivity index (χ0) is 18.0. The van der Waals surface area contributed by atoms with Gasteiger partial charge in [-0.1, -0.05) is 0 Å². The van der Waals surface area contributed by atoms with E-state index in [0.29, 0.717) is 34.0 Å². The van der Waals surface area contributed by atoms with Crippen LogP contribution in [-0.4, -0.2) is 24.8 Å². The lowest BCUT2D eigenvalue weighted by atomic mass is 10.2. The van der Waals surface area contributed by atoms with Gasteiger partial charge in [0, 0.05) is 30.6 Å². The molecule has 0 aliphatic carbocycles. The molecule has 2 amide bonds. The topological polar surface area (TPSA) is 94.7 Å². The van der Waals surface area contributed by atoms with Crippen molar-refractivity contribution >= 4 is 28.5 Å². The Bertz CT molecular complexity index is 990. The van der Waals surface area contributed by atoms with Crippen molar-refractivity contribution in [2.24, 2.45) is 7.05 Å². The maximum absolute atomic E-state index is 12.2. The van der Waals surface area contributed by atoms with Crippen molar-refractivity contribution in [1.82, 2.24) is 4.57 Å². The number of ether oxygens (including phenoxy) is 2. The third kappa shape index (κ3) is 3.27. The summed E-state index contributed by atoms with van der Waals surface area (Å²) in [5.74, 6) is 0.618. The van der Waals surface area contributed by atoms with Gasteiger partial charge in [0.05, 0.1) is 19.7 Å². The molecule has 25 heavy (non-hydrogen) atoms. The Hall–Kier alpha value is -3.42. The van der Waals surface area contributed by atoms with Crippen LogP contribution in [0.4, 0.5) is 16.2 Å². The second kappa shape index (κ2) is 6.60. The van der Waals surface area contributed by atoms with E-state index in [-0.39, 0.29) is 0 Å². The van der Waals surface area contributed by atoms with Crippen LogP contribution in [0.25, 0.3) is 11.1 Å². The minimum atomic E-state index is -0.457. The van der Waals surface area contributed by atoms with Crippen LogP contribution in [0, 0.1) is 0 Å². The van der Waals surface area contributed by atoms with Crippen molar-refractivity contribution in [3.63, 3.8) is 0 Å².